The molecule has 0 fully saturated rings. The molecule has 2 aromatic carbocycles. The summed E-state index contributed by atoms with van der Waals surface area (Å²) in [6.45, 7) is 9.06. The molecule has 3 aromatic rings. The molecule has 0 saturated carbocycles. The molecule has 0 aliphatic rings. The number of aromatic nitrogens is 2. The van der Waals surface area contributed by atoms with Gasteiger partial charge in [0.15, 0.2) is 0 Å². The first-order valence-electron chi connectivity index (χ1n) is 12.2. The average molecular weight is 478 g/mol. The Balaban J connectivity index is 2.09. The molecule has 188 valence electrons. The average Bonchev–Trinajstić information content (AvgIpc) is 3.25. The van der Waals surface area contributed by atoms with Crippen LogP contribution < -0.4 is 11.1 Å². The van der Waals surface area contributed by atoms with Crippen molar-refractivity contribution in [3.63, 3.8) is 0 Å². The normalized spacial score (nSPS) is 12.4. The number of nitrogens with one attached hydrogen (secondary N) is 1. The highest BCUT2D eigenvalue weighted by atomic mass is 16.5. The topological polar surface area (TPSA) is 85.4 Å². The van der Waals surface area contributed by atoms with Crippen LogP contribution in [0.1, 0.15) is 44.6 Å². The number of nitrogens with zero attached hydrogens (tertiary/aromatic N) is 3. The molecular formula is C28H39N5O2. The minimum absolute atomic E-state index is 0.133. The van der Waals surface area contributed by atoms with Crippen molar-refractivity contribution < 1.29 is 9.53 Å². The van der Waals surface area contributed by atoms with Gasteiger partial charge in [0.05, 0.1) is 18.3 Å². The smallest absolute Gasteiger partial charge is 0.318 e. The Hall–Kier alpha value is -3.16. The molecule has 1 aromatic heterocycles. The van der Waals surface area contributed by atoms with Gasteiger partial charge in [-0.05, 0) is 23.9 Å². The summed E-state index contributed by atoms with van der Waals surface area (Å²) in [6, 6.07) is 20.1. The number of imidazole rings is 1. The van der Waals surface area contributed by atoms with E-state index in [0.29, 0.717) is 39.2 Å². The largest absolute Gasteiger partial charge is 0.383 e. The maximum absolute atomic E-state index is 13.4. The van der Waals surface area contributed by atoms with Crippen molar-refractivity contribution in [2.45, 2.75) is 39.8 Å². The molecule has 2 amide bonds. The van der Waals surface area contributed by atoms with Crippen LogP contribution in [0.5, 0.6) is 0 Å². The van der Waals surface area contributed by atoms with E-state index in [-0.39, 0.29) is 17.5 Å². The Morgan fingerprint density at radius 2 is 1.77 bits per heavy atom. The summed E-state index contributed by atoms with van der Waals surface area (Å²) in [4.78, 5) is 20.4. The number of ether oxygens (including phenoxy) is 1. The van der Waals surface area contributed by atoms with Gasteiger partial charge in [0.2, 0.25) is 0 Å². The molecule has 0 bridgehead atoms. The molecule has 0 saturated heterocycles. The highest BCUT2D eigenvalue weighted by Crippen LogP contribution is 2.39. The zero-order valence-electron chi connectivity index (χ0n) is 21.4. The Morgan fingerprint density at radius 1 is 1.11 bits per heavy atom. The molecular weight excluding hydrogens is 438 g/mol. The van der Waals surface area contributed by atoms with Crippen LogP contribution >= 0.6 is 0 Å². The zero-order valence-corrected chi connectivity index (χ0v) is 21.4. The first-order chi connectivity index (χ1) is 16.8. The second-order valence-corrected chi connectivity index (χ2v) is 9.79. The molecule has 0 radical (unpaired) electrons. The van der Waals surface area contributed by atoms with Gasteiger partial charge < -0.3 is 25.3 Å². The van der Waals surface area contributed by atoms with E-state index in [0.717, 1.165) is 17.1 Å². The monoisotopic (exact) mass is 477 g/mol. The third kappa shape index (κ3) is 7.16. The lowest BCUT2D eigenvalue weighted by Crippen LogP contribution is -2.48. The SMILES string of the molecule is COCCNC(=O)N(CCCN)C(c1nc(-c2ccccc2)cn1Cc1ccccc1)C(C)(C)C. The van der Waals surface area contributed by atoms with Gasteiger partial charge in [-0.2, -0.15) is 0 Å². The predicted octanol–water partition coefficient (Wildman–Crippen LogP) is 4.69. The molecule has 0 spiro atoms. The van der Waals surface area contributed by atoms with Crippen molar-refractivity contribution in [3.05, 3.63) is 78.2 Å². The first kappa shape index (κ1) is 26.4. The van der Waals surface area contributed by atoms with Gasteiger partial charge in [-0.3, -0.25) is 0 Å². The van der Waals surface area contributed by atoms with E-state index >= 15 is 0 Å². The van der Waals surface area contributed by atoms with Crippen LogP contribution in [0.3, 0.4) is 0 Å². The number of rotatable bonds is 11. The number of hydrogen-bond donors (Lipinski definition) is 2. The summed E-state index contributed by atoms with van der Waals surface area (Å²) < 4.78 is 7.32. The fraction of sp³-hybridized carbons (Fsp3) is 0.429. The molecule has 0 aliphatic heterocycles. The lowest BCUT2D eigenvalue weighted by Gasteiger charge is -2.40. The van der Waals surface area contributed by atoms with Crippen molar-refractivity contribution in [3.8, 4) is 11.3 Å². The van der Waals surface area contributed by atoms with Crippen LogP contribution in [-0.2, 0) is 11.3 Å². The fourth-order valence-corrected chi connectivity index (χ4v) is 4.27. The molecule has 1 heterocycles. The van der Waals surface area contributed by atoms with Crippen LogP contribution in [-0.4, -0.2) is 53.8 Å². The summed E-state index contributed by atoms with van der Waals surface area (Å²) in [7, 11) is 1.63. The summed E-state index contributed by atoms with van der Waals surface area (Å²) >= 11 is 0. The van der Waals surface area contributed by atoms with E-state index in [1.165, 1.54) is 5.56 Å². The van der Waals surface area contributed by atoms with Crippen LogP contribution in [0.15, 0.2) is 66.9 Å². The zero-order chi connectivity index (χ0) is 25.3. The van der Waals surface area contributed by atoms with Gasteiger partial charge in [-0.1, -0.05) is 81.4 Å². The summed E-state index contributed by atoms with van der Waals surface area (Å²) in [5.41, 5.74) is 8.70. The summed E-state index contributed by atoms with van der Waals surface area (Å²) in [5.74, 6) is 0.860. The van der Waals surface area contributed by atoms with E-state index in [9.17, 15) is 4.79 Å². The van der Waals surface area contributed by atoms with E-state index in [2.05, 4.69) is 61.1 Å². The number of methoxy groups -OCH3 is 1. The predicted molar refractivity (Wildman–Crippen MR) is 141 cm³/mol. The fourth-order valence-electron chi connectivity index (χ4n) is 4.27. The molecule has 3 N–H and O–H groups in total. The van der Waals surface area contributed by atoms with E-state index < -0.39 is 0 Å². The van der Waals surface area contributed by atoms with Crippen molar-refractivity contribution >= 4 is 6.03 Å². The van der Waals surface area contributed by atoms with Gasteiger partial charge in [-0.15, -0.1) is 0 Å². The highest BCUT2D eigenvalue weighted by Gasteiger charge is 2.38. The standard InChI is InChI=1S/C28H39N5O2/c1-28(2,3)25(33(18-11-16-29)27(34)30-17-19-35-4)26-31-24(23-14-9-6-10-15-23)21-32(26)20-22-12-7-5-8-13-22/h5-10,12-15,21,25H,11,16-20,29H2,1-4H3,(H,30,34). The van der Waals surface area contributed by atoms with Crippen LogP contribution in [0.25, 0.3) is 11.3 Å². The van der Waals surface area contributed by atoms with Gasteiger partial charge in [0, 0.05) is 38.5 Å². The quantitative estimate of drug-likeness (QED) is 0.392. The number of amides is 2. The lowest BCUT2D eigenvalue weighted by atomic mass is 9.84. The van der Waals surface area contributed by atoms with Crippen LogP contribution in [0.4, 0.5) is 4.79 Å². The molecule has 7 heteroatoms. The van der Waals surface area contributed by atoms with Crippen LogP contribution in [0.2, 0.25) is 0 Å². The number of benzene rings is 2. The Bertz CT molecular complexity index is 1040. The minimum Gasteiger partial charge on any atom is -0.383 e. The molecule has 1 unspecified atom stereocenters. The highest BCUT2D eigenvalue weighted by molar-refractivity contribution is 5.75. The maximum atomic E-state index is 13.4. The van der Waals surface area contributed by atoms with Gasteiger partial charge >= 0.3 is 6.03 Å². The number of urea groups is 1. The van der Waals surface area contributed by atoms with Gasteiger partial charge in [-0.25, -0.2) is 9.78 Å². The van der Waals surface area contributed by atoms with Crippen LogP contribution in [0, 0.1) is 5.41 Å². The second-order valence-electron chi connectivity index (χ2n) is 9.79. The Labute approximate surface area is 209 Å². The minimum atomic E-state index is -0.277. The van der Waals surface area contributed by atoms with Crippen molar-refractivity contribution in [2.75, 3.05) is 33.4 Å². The number of nitrogens with two attached hydrogens (primary N) is 1. The van der Waals surface area contributed by atoms with Crippen molar-refractivity contribution in [2.24, 2.45) is 11.1 Å². The number of carbonyl (C=O) groups is 1. The van der Waals surface area contributed by atoms with E-state index in [1.807, 2.05) is 41.3 Å². The summed E-state index contributed by atoms with van der Waals surface area (Å²) in [5, 5.41) is 3.01. The van der Waals surface area contributed by atoms with E-state index in [1.54, 1.807) is 7.11 Å². The second kappa shape index (κ2) is 12.5. The van der Waals surface area contributed by atoms with Crippen molar-refractivity contribution in [1.82, 2.24) is 19.8 Å². The van der Waals surface area contributed by atoms with Crippen molar-refractivity contribution in [1.29, 1.82) is 0 Å². The Kier molecular flexibility index (Phi) is 9.46. The molecule has 3 rings (SSSR count). The molecule has 35 heavy (non-hydrogen) atoms. The Morgan fingerprint density at radius 3 is 2.37 bits per heavy atom. The number of hydrogen-bond acceptors (Lipinski definition) is 4. The van der Waals surface area contributed by atoms with Gasteiger partial charge in [0.1, 0.15) is 5.82 Å². The maximum Gasteiger partial charge on any atom is 0.318 e. The molecule has 0 aliphatic carbocycles. The molecule has 1 atom stereocenters. The van der Waals surface area contributed by atoms with Gasteiger partial charge in [0.25, 0.3) is 0 Å². The third-order valence-electron chi connectivity index (χ3n) is 5.90. The van der Waals surface area contributed by atoms with E-state index in [4.69, 9.17) is 15.5 Å². The lowest BCUT2D eigenvalue weighted by molar-refractivity contribution is 0.106. The third-order valence-corrected chi connectivity index (χ3v) is 5.90. The summed E-state index contributed by atoms with van der Waals surface area (Å²) in [6.07, 6.45) is 2.80. The first-order valence-corrected chi connectivity index (χ1v) is 12.2. The molecule has 7 nitrogen and oxygen atoms in total. The number of carbonyl (C=O) groups excluding carboxylic acids is 1.